The molecule has 0 nitrogen and oxygen atoms in total. The first kappa shape index (κ1) is 35.4. The van der Waals surface area contributed by atoms with Gasteiger partial charge in [-0.15, -0.1) is 0 Å². The Kier molecular flexibility index (Phi) is 171. The van der Waals surface area contributed by atoms with E-state index in [1.54, 1.807) is 0 Å². The molecule has 6 radical (unpaired) electrons. The van der Waals surface area contributed by atoms with Gasteiger partial charge in [-0.25, -0.2) is 0 Å². The standard InChI is InChI=1S/Bi.Ca.Fe.V.Zr. The van der Waals surface area contributed by atoms with Gasteiger partial charge in [-0.2, -0.15) is 0 Å². The minimum atomic E-state index is 0. The fourth-order valence-electron chi connectivity index (χ4n) is 0. The average Bonchev–Trinajstić information content (AvgIpc) is 0. The van der Waals surface area contributed by atoms with Crippen molar-refractivity contribution in [3.63, 3.8) is 0 Å². The molecule has 0 heterocycles. The molecule has 0 bridgehead atoms. The summed E-state index contributed by atoms with van der Waals surface area (Å²) in [5, 5.41) is 0. The number of rotatable bonds is 0. The van der Waals surface area contributed by atoms with Gasteiger partial charge >= 0.3 is 0 Å². The molecule has 0 saturated carbocycles. The molecule has 5 heteroatoms. The van der Waals surface area contributed by atoms with E-state index in [-0.39, 0.29) is 126 Å². The van der Waals surface area contributed by atoms with Gasteiger partial charge in [-0.05, 0) is 0 Å². The number of hydrogen-bond donors (Lipinski definition) is 0. The van der Waals surface area contributed by atoms with E-state index in [4.69, 9.17) is 0 Å². The van der Waals surface area contributed by atoms with Crippen LogP contribution in [0.3, 0.4) is 0 Å². The van der Waals surface area contributed by atoms with Gasteiger partial charge in [-0.1, -0.05) is 0 Å². The van der Waals surface area contributed by atoms with Crippen molar-refractivity contribution in [1.82, 2.24) is 0 Å². The molecule has 0 aromatic carbocycles. The Morgan fingerprint density at radius 2 is 1.00 bits per heavy atom. The second-order valence-electron chi connectivity index (χ2n) is 0. The monoisotopic (exact) mass is 446 g/mol. The molecule has 0 fully saturated rings. The van der Waals surface area contributed by atoms with Gasteiger partial charge in [0.2, 0.25) is 0 Å². The molecule has 0 rings (SSSR count). The Bertz CT molecular complexity index is 11.6. The van der Waals surface area contributed by atoms with E-state index in [0.717, 1.165) is 0 Å². The SMILES string of the molecule is [Bi].[Ca].[Fe].[V].[Zr]. The summed E-state index contributed by atoms with van der Waals surface area (Å²) in [6.07, 6.45) is 0. The molecule has 0 N–H and O–H groups in total. The summed E-state index contributed by atoms with van der Waals surface area (Å²) in [5.41, 5.74) is 0. The zero-order valence-electron chi connectivity index (χ0n) is 2.46. The van der Waals surface area contributed by atoms with Crippen LogP contribution in [0.15, 0.2) is 0 Å². The molecule has 0 aliphatic heterocycles. The molecule has 0 aliphatic carbocycles. The van der Waals surface area contributed by atoms with Crippen LogP contribution < -0.4 is 0 Å². The van der Waals surface area contributed by atoms with Crippen molar-refractivity contribution in [3.05, 3.63) is 0 Å². The van der Waals surface area contributed by atoms with Crippen molar-refractivity contribution in [2.24, 2.45) is 0 Å². The summed E-state index contributed by atoms with van der Waals surface area (Å²) in [7, 11) is 0. The predicted octanol–water partition coefficient (Wildman–Crippen LogP) is -0.769. The molecule has 0 saturated heterocycles. The zero-order valence-corrected chi connectivity index (χ0v) is 13.1. The molecule has 0 spiro atoms. The minimum absolute atomic E-state index is 0. The molecular formula is BiCaFeVZr. The second kappa shape index (κ2) is 24.2. The summed E-state index contributed by atoms with van der Waals surface area (Å²) in [6.45, 7) is 0. The molecule has 0 atom stereocenters. The van der Waals surface area contributed by atoms with E-state index < -0.39 is 0 Å². The Morgan fingerprint density at radius 3 is 1.00 bits per heavy atom. The molecule has 5 heavy (non-hydrogen) atoms. The van der Waals surface area contributed by atoms with Gasteiger partial charge in [0, 0.05) is 126 Å². The molecule has 24 valence electrons. The van der Waals surface area contributed by atoms with Gasteiger partial charge in [0.25, 0.3) is 0 Å². The van der Waals surface area contributed by atoms with E-state index in [2.05, 4.69) is 0 Å². The fraction of sp³-hybridized carbons (Fsp3) is 0. The zero-order chi connectivity index (χ0) is 0. The summed E-state index contributed by atoms with van der Waals surface area (Å²) < 4.78 is 0. The van der Waals surface area contributed by atoms with Crippen molar-refractivity contribution < 1.29 is 61.8 Å². The third kappa shape index (κ3) is 17.9. The third-order valence-electron chi connectivity index (χ3n) is 0. The van der Waals surface area contributed by atoms with Crippen LogP contribution >= 0.6 is 0 Å². The third-order valence-corrected chi connectivity index (χ3v) is 0. The van der Waals surface area contributed by atoms with Crippen LogP contribution in [0.5, 0.6) is 0 Å². The first-order valence-electron chi connectivity index (χ1n) is 0. The van der Waals surface area contributed by atoms with Crippen molar-refractivity contribution in [2.45, 2.75) is 0 Å². The van der Waals surface area contributed by atoms with Gasteiger partial charge in [-0.3, -0.25) is 0 Å². The van der Waals surface area contributed by atoms with E-state index in [1.165, 1.54) is 0 Å². The summed E-state index contributed by atoms with van der Waals surface area (Å²) in [6, 6.07) is 0. The normalized spacial score (nSPS) is 0. The quantitative estimate of drug-likeness (QED) is 0.429. The largest absolute Gasteiger partial charge is 0 e. The van der Waals surface area contributed by atoms with Gasteiger partial charge in [0.05, 0.1) is 0 Å². The second-order valence-corrected chi connectivity index (χ2v) is 0. The topological polar surface area (TPSA) is 0 Å². The minimum Gasteiger partial charge on any atom is 0 e. The van der Waals surface area contributed by atoms with Crippen LogP contribution in [0.2, 0.25) is 0 Å². The first-order chi connectivity index (χ1) is 0. The molecule has 0 unspecified atom stereocenters. The predicted molar refractivity (Wildman–Crippen MR) is 11.5 cm³/mol. The maximum atomic E-state index is 0. The van der Waals surface area contributed by atoms with Crippen molar-refractivity contribution in [2.75, 3.05) is 0 Å². The Balaban J connectivity index is 0. The molecule has 0 aromatic rings. The van der Waals surface area contributed by atoms with Crippen molar-refractivity contribution in [3.8, 4) is 0 Å². The molecule has 0 aliphatic rings. The molecule has 0 aromatic heterocycles. The van der Waals surface area contributed by atoms with Crippen LogP contribution in [0.25, 0.3) is 0 Å². The van der Waals surface area contributed by atoms with Crippen LogP contribution in [-0.4, -0.2) is 63.9 Å². The number of hydrogen-bond acceptors (Lipinski definition) is 0. The van der Waals surface area contributed by atoms with Crippen molar-refractivity contribution in [1.29, 1.82) is 0 Å². The van der Waals surface area contributed by atoms with E-state index in [1.807, 2.05) is 0 Å². The van der Waals surface area contributed by atoms with Crippen molar-refractivity contribution >= 4 is 63.9 Å². The first-order valence-corrected chi connectivity index (χ1v) is 0. The maximum absolute atomic E-state index is 0. The van der Waals surface area contributed by atoms with E-state index in [0.29, 0.717) is 0 Å². The van der Waals surface area contributed by atoms with Gasteiger partial charge in [0.1, 0.15) is 0 Å². The maximum Gasteiger partial charge on any atom is 0 e. The van der Waals surface area contributed by atoms with Gasteiger partial charge < -0.3 is 0 Å². The van der Waals surface area contributed by atoms with Gasteiger partial charge in [0.15, 0.2) is 0 Å². The molecule has 0 amide bonds. The Hall–Kier alpha value is 4.13. The molecular weight excluding hydrogens is 447 g/mol. The average molecular weight is 447 g/mol. The van der Waals surface area contributed by atoms with Crippen LogP contribution in [-0.2, 0) is 61.8 Å². The Morgan fingerprint density at radius 1 is 1.00 bits per heavy atom. The smallest absolute Gasteiger partial charge is 0 e. The fourth-order valence-corrected chi connectivity index (χ4v) is 0. The van der Waals surface area contributed by atoms with E-state index in [9.17, 15) is 0 Å². The van der Waals surface area contributed by atoms with Crippen LogP contribution in [0.1, 0.15) is 0 Å². The Labute approximate surface area is 123 Å². The summed E-state index contributed by atoms with van der Waals surface area (Å²) in [5.74, 6) is 0. The summed E-state index contributed by atoms with van der Waals surface area (Å²) in [4.78, 5) is 0. The summed E-state index contributed by atoms with van der Waals surface area (Å²) >= 11 is 0. The van der Waals surface area contributed by atoms with Crippen LogP contribution in [0.4, 0.5) is 0 Å². The van der Waals surface area contributed by atoms with Crippen LogP contribution in [0, 0.1) is 0 Å². The van der Waals surface area contributed by atoms with E-state index >= 15 is 0 Å².